The number of amides is 1. The summed E-state index contributed by atoms with van der Waals surface area (Å²) in [6, 6.07) is 15.4. The van der Waals surface area contributed by atoms with Crippen LogP contribution >= 0.6 is 0 Å². The minimum atomic E-state index is -1.76. The van der Waals surface area contributed by atoms with E-state index in [0.717, 1.165) is 0 Å². The molecule has 0 aromatic heterocycles. The normalized spacial score (nSPS) is 10.4. The van der Waals surface area contributed by atoms with Crippen LogP contribution in [0.15, 0.2) is 60.7 Å². The van der Waals surface area contributed by atoms with Crippen molar-refractivity contribution in [3.63, 3.8) is 0 Å². The number of hydrogen-bond acceptors (Lipinski definition) is 3. The molecule has 0 aliphatic rings. The van der Waals surface area contributed by atoms with E-state index in [-0.39, 0.29) is 11.4 Å². The van der Waals surface area contributed by atoms with Crippen LogP contribution in [0.3, 0.4) is 0 Å². The van der Waals surface area contributed by atoms with E-state index in [9.17, 15) is 23.1 Å². The third-order valence-electron chi connectivity index (χ3n) is 3.48. The molecule has 1 amide bonds. The van der Waals surface area contributed by atoms with Gasteiger partial charge in [-0.05, 0) is 30.3 Å². The van der Waals surface area contributed by atoms with E-state index in [2.05, 4.69) is 5.32 Å². The van der Waals surface area contributed by atoms with Gasteiger partial charge in [0.25, 0.3) is 5.91 Å². The zero-order chi connectivity index (χ0) is 18.7. The molecule has 0 atom stereocenters. The Labute approximate surface area is 146 Å². The van der Waals surface area contributed by atoms with Crippen molar-refractivity contribution in [2.75, 3.05) is 5.32 Å². The van der Waals surface area contributed by atoms with Gasteiger partial charge < -0.3 is 15.2 Å². The first-order chi connectivity index (χ1) is 12.5. The zero-order valence-corrected chi connectivity index (χ0v) is 13.2. The Balaban J connectivity index is 1.89. The SMILES string of the molecule is O=C(Nc1ccccc1Oc1ccccc1)c1cc(F)c(F)c(O)c1F. The smallest absolute Gasteiger partial charge is 0.258 e. The lowest BCUT2D eigenvalue weighted by Crippen LogP contribution is -2.15. The van der Waals surface area contributed by atoms with Gasteiger partial charge in [0.1, 0.15) is 5.75 Å². The second-order valence-electron chi connectivity index (χ2n) is 5.25. The molecule has 0 aliphatic carbocycles. The van der Waals surface area contributed by atoms with Crippen LogP contribution in [-0.4, -0.2) is 11.0 Å². The lowest BCUT2D eigenvalue weighted by Gasteiger charge is -2.13. The van der Waals surface area contributed by atoms with E-state index in [1.807, 2.05) is 0 Å². The Kier molecular flexibility index (Phi) is 4.79. The summed E-state index contributed by atoms with van der Waals surface area (Å²) < 4.78 is 46.1. The summed E-state index contributed by atoms with van der Waals surface area (Å²) in [5.74, 6) is -6.70. The van der Waals surface area contributed by atoms with Crippen molar-refractivity contribution in [1.82, 2.24) is 0 Å². The van der Waals surface area contributed by atoms with Crippen LogP contribution in [0.5, 0.6) is 17.2 Å². The van der Waals surface area contributed by atoms with Gasteiger partial charge in [0.2, 0.25) is 5.82 Å². The first kappa shape index (κ1) is 17.3. The van der Waals surface area contributed by atoms with Gasteiger partial charge >= 0.3 is 0 Å². The van der Waals surface area contributed by atoms with Crippen LogP contribution in [0, 0.1) is 17.5 Å². The average Bonchev–Trinajstić information content (AvgIpc) is 2.65. The number of phenolic OH excluding ortho intramolecular Hbond substituents is 1. The largest absolute Gasteiger partial charge is 0.503 e. The van der Waals surface area contributed by atoms with Crippen LogP contribution in [0.1, 0.15) is 10.4 Å². The molecule has 3 rings (SSSR count). The summed E-state index contributed by atoms with van der Waals surface area (Å²) in [6.45, 7) is 0. The summed E-state index contributed by atoms with van der Waals surface area (Å²) >= 11 is 0. The number of hydrogen-bond donors (Lipinski definition) is 2. The topological polar surface area (TPSA) is 58.6 Å². The fourth-order valence-electron chi connectivity index (χ4n) is 2.22. The summed E-state index contributed by atoms with van der Waals surface area (Å²) in [6.07, 6.45) is 0. The Bertz CT molecular complexity index is 962. The predicted molar refractivity (Wildman–Crippen MR) is 88.9 cm³/mol. The Hall–Kier alpha value is -3.48. The molecule has 0 spiro atoms. The highest BCUT2D eigenvalue weighted by Gasteiger charge is 2.23. The monoisotopic (exact) mass is 359 g/mol. The molecular weight excluding hydrogens is 347 g/mol. The Morgan fingerprint density at radius 2 is 1.58 bits per heavy atom. The van der Waals surface area contributed by atoms with E-state index < -0.39 is 34.7 Å². The van der Waals surface area contributed by atoms with Crippen LogP contribution in [0.2, 0.25) is 0 Å². The third-order valence-corrected chi connectivity index (χ3v) is 3.48. The van der Waals surface area contributed by atoms with Crippen LogP contribution in [0.25, 0.3) is 0 Å². The van der Waals surface area contributed by atoms with E-state index in [4.69, 9.17) is 4.74 Å². The van der Waals surface area contributed by atoms with Crippen LogP contribution in [-0.2, 0) is 0 Å². The molecule has 0 fully saturated rings. The number of carbonyl (C=O) groups excluding carboxylic acids is 1. The van der Waals surface area contributed by atoms with Gasteiger partial charge in [-0.3, -0.25) is 4.79 Å². The third kappa shape index (κ3) is 3.46. The number of nitrogens with one attached hydrogen (secondary N) is 1. The van der Waals surface area contributed by atoms with Gasteiger partial charge in [0, 0.05) is 0 Å². The molecule has 3 aromatic carbocycles. The molecule has 0 bridgehead atoms. The van der Waals surface area contributed by atoms with Crippen molar-refractivity contribution >= 4 is 11.6 Å². The second kappa shape index (κ2) is 7.18. The van der Waals surface area contributed by atoms with Gasteiger partial charge in [-0.25, -0.2) is 8.78 Å². The molecule has 4 nitrogen and oxygen atoms in total. The highest BCUT2D eigenvalue weighted by Crippen LogP contribution is 2.31. The maximum Gasteiger partial charge on any atom is 0.258 e. The lowest BCUT2D eigenvalue weighted by atomic mass is 10.1. The van der Waals surface area contributed by atoms with Crippen LogP contribution in [0.4, 0.5) is 18.9 Å². The zero-order valence-electron chi connectivity index (χ0n) is 13.2. The van der Waals surface area contributed by atoms with Gasteiger partial charge in [-0.15, -0.1) is 0 Å². The molecule has 0 unspecified atom stereocenters. The van der Waals surface area contributed by atoms with Crippen molar-refractivity contribution in [3.05, 3.63) is 83.7 Å². The van der Waals surface area contributed by atoms with Crippen molar-refractivity contribution in [3.8, 4) is 17.2 Å². The number of anilines is 1. The van der Waals surface area contributed by atoms with Gasteiger partial charge in [0.15, 0.2) is 23.1 Å². The minimum Gasteiger partial charge on any atom is -0.503 e. The highest BCUT2D eigenvalue weighted by molar-refractivity contribution is 6.05. The molecule has 0 heterocycles. The van der Waals surface area contributed by atoms with Crippen molar-refractivity contribution in [2.24, 2.45) is 0 Å². The fraction of sp³-hybridized carbons (Fsp3) is 0. The molecular formula is C19H12F3NO3. The maximum atomic E-state index is 13.9. The number of para-hydroxylation sites is 3. The highest BCUT2D eigenvalue weighted by atomic mass is 19.2. The average molecular weight is 359 g/mol. The summed E-state index contributed by atoms with van der Waals surface area (Å²) in [4.78, 5) is 12.2. The first-order valence-corrected chi connectivity index (χ1v) is 7.47. The molecule has 7 heteroatoms. The Morgan fingerprint density at radius 1 is 0.923 bits per heavy atom. The summed E-state index contributed by atoms with van der Waals surface area (Å²) in [5.41, 5.74) is -0.652. The second-order valence-corrected chi connectivity index (χ2v) is 5.25. The van der Waals surface area contributed by atoms with E-state index in [1.165, 1.54) is 6.07 Å². The molecule has 0 aliphatic heterocycles. The fourth-order valence-corrected chi connectivity index (χ4v) is 2.22. The predicted octanol–water partition coefficient (Wildman–Crippen LogP) is 4.85. The summed E-state index contributed by atoms with van der Waals surface area (Å²) in [7, 11) is 0. The van der Waals surface area contributed by atoms with E-state index in [1.54, 1.807) is 48.5 Å². The molecule has 2 N–H and O–H groups in total. The number of rotatable bonds is 4. The number of phenols is 1. The van der Waals surface area contributed by atoms with Crippen LogP contribution < -0.4 is 10.1 Å². The lowest BCUT2D eigenvalue weighted by molar-refractivity contribution is 0.102. The van der Waals surface area contributed by atoms with Crippen molar-refractivity contribution in [1.29, 1.82) is 0 Å². The molecule has 0 saturated heterocycles. The van der Waals surface area contributed by atoms with Crippen molar-refractivity contribution in [2.45, 2.75) is 0 Å². The summed E-state index contributed by atoms with van der Waals surface area (Å²) in [5, 5.41) is 11.6. The molecule has 3 aromatic rings. The number of carbonyl (C=O) groups is 1. The molecule has 132 valence electrons. The minimum absolute atomic E-state index is 0.185. The molecule has 0 radical (unpaired) electrons. The maximum absolute atomic E-state index is 13.9. The Morgan fingerprint density at radius 3 is 2.31 bits per heavy atom. The number of ether oxygens (including phenoxy) is 1. The number of aromatic hydroxyl groups is 1. The quantitative estimate of drug-likeness (QED) is 0.655. The molecule has 0 saturated carbocycles. The number of halogens is 3. The van der Waals surface area contributed by atoms with E-state index >= 15 is 0 Å². The number of benzene rings is 3. The van der Waals surface area contributed by atoms with Crippen molar-refractivity contribution < 1.29 is 27.8 Å². The van der Waals surface area contributed by atoms with E-state index in [0.29, 0.717) is 11.8 Å². The first-order valence-electron chi connectivity index (χ1n) is 7.47. The van der Waals surface area contributed by atoms with Gasteiger partial charge in [-0.1, -0.05) is 30.3 Å². The standard InChI is InChI=1S/C19H12F3NO3/c20-13-10-12(16(21)18(24)17(13)22)19(25)23-14-8-4-5-9-15(14)26-11-6-2-1-3-7-11/h1-10,24H,(H,23,25). The molecule has 26 heavy (non-hydrogen) atoms. The van der Waals surface area contributed by atoms with Gasteiger partial charge in [0.05, 0.1) is 11.3 Å². The van der Waals surface area contributed by atoms with Gasteiger partial charge in [-0.2, -0.15) is 4.39 Å².